The van der Waals surface area contributed by atoms with Gasteiger partial charge in [-0.05, 0) is 44.2 Å². The molecule has 248 valence electrons. The lowest BCUT2D eigenvalue weighted by Gasteiger charge is -2.13. The van der Waals surface area contributed by atoms with Crippen LogP contribution in [-0.4, -0.2) is 105 Å². The summed E-state index contributed by atoms with van der Waals surface area (Å²) in [5, 5.41) is 2.86. The Kier molecular flexibility index (Phi) is 19.3. The predicted molar refractivity (Wildman–Crippen MR) is 157 cm³/mol. The van der Waals surface area contributed by atoms with Gasteiger partial charge in [0.2, 0.25) is 0 Å². The minimum atomic E-state index is -4.47. The molecular formula is C31H44F3NO9. The van der Waals surface area contributed by atoms with Gasteiger partial charge in [0, 0.05) is 5.69 Å². The fourth-order valence-electron chi connectivity index (χ4n) is 3.51. The minimum Gasteiger partial charge on any atom is -0.460 e. The Morgan fingerprint density at radius 3 is 1.64 bits per heavy atom. The van der Waals surface area contributed by atoms with Crippen LogP contribution in [0.2, 0.25) is 0 Å². The third-order valence-corrected chi connectivity index (χ3v) is 5.62. The van der Waals surface area contributed by atoms with Crippen LogP contribution in [0.3, 0.4) is 0 Å². The summed E-state index contributed by atoms with van der Waals surface area (Å²) in [5.41, 5.74) is -0.0727. The molecule has 0 amide bonds. The number of alkyl halides is 3. The van der Waals surface area contributed by atoms with Crippen molar-refractivity contribution in [1.82, 2.24) is 0 Å². The molecule has 0 bridgehead atoms. The topological polar surface area (TPSA) is 103 Å². The molecule has 0 radical (unpaired) electrons. The van der Waals surface area contributed by atoms with Gasteiger partial charge in [0.05, 0.1) is 109 Å². The molecule has 0 aliphatic rings. The summed E-state index contributed by atoms with van der Waals surface area (Å²) in [6, 6.07) is 11.1. The average Bonchev–Trinajstić information content (AvgIpc) is 2.99. The molecule has 0 saturated heterocycles. The molecular weight excluding hydrogens is 587 g/mol. The number of ether oxygens (including phenoxy) is 8. The van der Waals surface area contributed by atoms with Crippen LogP contribution in [0.15, 0.2) is 48.5 Å². The highest BCUT2D eigenvalue weighted by atomic mass is 19.4. The summed E-state index contributed by atoms with van der Waals surface area (Å²) in [4.78, 5) is 12.5. The van der Waals surface area contributed by atoms with Crippen LogP contribution in [0.5, 0.6) is 0 Å². The molecule has 0 heterocycles. The third-order valence-electron chi connectivity index (χ3n) is 5.62. The number of anilines is 2. The Balaban J connectivity index is 1.42. The van der Waals surface area contributed by atoms with Gasteiger partial charge in [0.1, 0.15) is 6.61 Å². The number of carbonyl (C=O) groups excluding carboxylic acids is 1. The van der Waals surface area contributed by atoms with E-state index in [1.54, 1.807) is 18.2 Å². The van der Waals surface area contributed by atoms with Crippen molar-refractivity contribution >= 4 is 17.3 Å². The molecule has 13 heteroatoms. The van der Waals surface area contributed by atoms with Crippen molar-refractivity contribution in [3.05, 3.63) is 59.7 Å². The van der Waals surface area contributed by atoms with Crippen molar-refractivity contribution in [1.29, 1.82) is 0 Å². The van der Waals surface area contributed by atoms with Crippen molar-refractivity contribution < 1.29 is 55.9 Å². The second-order valence-corrected chi connectivity index (χ2v) is 9.48. The van der Waals surface area contributed by atoms with Crippen LogP contribution in [0, 0.1) is 0 Å². The van der Waals surface area contributed by atoms with Gasteiger partial charge in [-0.25, -0.2) is 4.79 Å². The van der Waals surface area contributed by atoms with Gasteiger partial charge in [0.15, 0.2) is 0 Å². The maximum atomic E-state index is 13.0. The molecule has 0 fully saturated rings. The first-order valence-electron chi connectivity index (χ1n) is 14.6. The lowest BCUT2D eigenvalue weighted by atomic mass is 10.1. The Hall–Kier alpha value is -2.78. The lowest BCUT2D eigenvalue weighted by molar-refractivity contribution is -0.137. The quantitative estimate of drug-likeness (QED) is 0.117. The smallest absolute Gasteiger partial charge is 0.416 e. The van der Waals surface area contributed by atoms with Crippen LogP contribution in [0.25, 0.3) is 0 Å². The fourth-order valence-corrected chi connectivity index (χ4v) is 3.51. The number of esters is 1. The fraction of sp³-hybridized carbons (Fsp3) is 0.581. The van der Waals surface area contributed by atoms with E-state index in [9.17, 15) is 18.0 Å². The number of hydrogen-bond donors (Lipinski definition) is 1. The predicted octanol–water partition coefficient (Wildman–Crippen LogP) is 5.13. The van der Waals surface area contributed by atoms with Crippen molar-refractivity contribution in [2.24, 2.45) is 0 Å². The van der Waals surface area contributed by atoms with Gasteiger partial charge >= 0.3 is 12.1 Å². The van der Waals surface area contributed by atoms with Crippen LogP contribution < -0.4 is 5.32 Å². The third kappa shape index (κ3) is 17.5. The van der Waals surface area contributed by atoms with E-state index in [4.69, 9.17) is 37.9 Å². The molecule has 44 heavy (non-hydrogen) atoms. The highest BCUT2D eigenvalue weighted by molar-refractivity contribution is 5.96. The molecule has 2 rings (SSSR count). The Labute approximate surface area is 257 Å². The van der Waals surface area contributed by atoms with E-state index >= 15 is 0 Å². The molecule has 1 N–H and O–H groups in total. The van der Waals surface area contributed by atoms with E-state index in [1.807, 2.05) is 13.8 Å². The van der Waals surface area contributed by atoms with Crippen LogP contribution >= 0.6 is 0 Å². The molecule has 0 saturated carbocycles. The van der Waals surface area contributed by atoms with Crippen LogP contribution in [0.1, 0.15) is 29.8 Å². The highest BCUT2D eigenvalue weighted by Crippen LogP contribution is 2.32. The second kappa shape index (κ2) is 22.7. The first kappa shape index (κ1) is 37.4. The lowest BCUT2D eigenvalue weighted by Crippen LogP contribution is -2.16. The largest absolute Gasteiger partial charge is 0.460 e. The summed E-state index contributed by atoms with van der Waals surface area (Å²) in [7, 11) is 0. The Morgan fingerprint density at radius 2 is 1.14 bits per heavy atom. The van der Waals surface area contributed by atoms with E-state index < -0.39 is 17.7 Å². The van der Waals surface area contributed by atoms with E-state index in [2.05, 4.69) is 5.32 Å². The molecule has 0 aliphatic heterocycles. The summed E-state index contributed by atoms with van der Waals surface area (Å²) in [5.74, 6) is -0.623. The van der Waals surface area contributed by atoms with Gasteiger partial charge in [-0.2, -0.15) is 13.2 Å². The number of rotatable bonds is 25. The van der Waals surface area contributed by atoms with Crippen molar-refractivity contribution in [3.63, 3.8) is 0 Å². The van der Waals surface area contributed by atoms with Gasteiger partial charge in [0.25, 0.3) is 0 Å². The second-order valence-electron chi connectivity index (χ2n) is 9.48. The monoisotopic (exact) mass is 631 g/mol. The van der Waals surface area contributed by atoms with E-state index in [-0.39, 0.29) is 30.6 Å². The van der Waals surface area contributed by atoms with Crippen LogP contribution in [0.4, 0.5) is 24.5 Å². The summed E-state index contributed by atoms with van der Waals surface area (Å²) in [6.07, 6.45) is -4.26. The summed E-state index contributed by atoms with van der Waals surface area (Å²) in [6.45, 7) is 9.65. The molecule has 0 aliphatic carbocycles. The van der Waals surface area contributed by atoms with Crippen molar-refractivity contribution in [2.45, 2.75) is 26.1 Å². The normalized spacial score (nSPS) is 11.7. The van der Waals surface area contributed by atoms with Gasteiger partial charge in [-0.15, -0.1) is 0 Å². The number of para-hydroxylation sites is 1. The zero-order chi connectivity index (χ0) is 31.9. The van der Waals surface area contributed by atoms with E-state index in [1.165, 1.54) is 18.2 Å². The molecule has 2 aromatic rings. The van der Waals surface area contributed by atoms with Gasteiger partial charge < -0.3 is 43.2 Å². The maximum absolute atomic E-state index is 13.0. The SMILES string of the molecule is CC(C)OCCOCCOCCOCCOCCOCCOCCOC(=O)c1ccccc1Nc1cccc(C(F)(F)F)c1. The number of hydrogen-bond acceptors (Lipinski definition) is 10. The number of halogens is 3. The zero-order valence-electron chi connectivity index (χ0n) is 25.4. The summed E-state index contributed by atoms with van der Waals surface area (Å²) < 4.78 is 82.2. The number of nitrogens with one attached hydrogen (secondary N) is 1. The number of benzene rings is 2. The average molecular weight is 632 g/mol. The molecule has 0 atom stereocenters. The standard InChI is InChI=1S/C31H44F3NO9/c1-25(2)43-22-20-41-18-16-39-14-12-37-10-11-38-13-15-40-17-19-42-21-23-44-30(36)28-8-3-4-9-29(28)35-27-7-5-6-26(24-27)31(32,33)34/h3-9,24-25,35H,10-23H2,1-2H3. The summed E-state index contributed by atoms with van der Waals surface area (Å²) >= 11 is 0. The molecule has 0 aromatic heterocycles. The van der Waals surface area contributed by atoms with E-state index in [0.29, 0.717) is 85.0 Å². The van der Waals surface area contributed by atoms with E-state index in [0.717, 1.165) is 12.1 Å². The first-order chi connectivity index (χ1) is 21.3. The maximum Gasteiger partial charge on any atom is 0.416 e. The van der Waals surface area contributed by atoms with Crippen molar-refractivity contribution in [3.8, 4) is 0 Å². The highest BCUT2D eigenvalue weighted by Gasteiger charge is 2.30. The molecule has 0 unspecified atom stereocenters. The number of carbonyl (C=O) groups is 1. The molecule has 0 spiro atoms. The Bertz CT molecular complexity index is 1040. The van der Waals surface area contributed by atoms with Gasteiger partial charge in [-0.3, -0.25) is 0 Å². The van der Waals surface area contributed by atoms with Crippen molar-refractivity contribution in [2.75, 3.05) is 97.8 Å². The first-order valence-corrected chi connectivity index (χ1v) is 14.6. The van der Waals surface area contributed by atoms with Gasteiger partial charge in [-0.1, -0.05) is 18.2 Å². The Morgan fingerprint density at radius 1 is 0.659 bits per heavy atom. The zero-order valence-corrected chi connectivity index (χ0v) is 25.4. The minimum absolute atomic E-state index is 0.00647. The molecule has 2 aromatic carbocycles. The molecule has 10 nitrogen and oxygen atoms in total. The van der Waals surface area contributed by atoms with Crippen LogP contribution in [-0.2, 0) is 44.1 Å².